The molecule has 0 aliphatic rings. The van der Waals surface area contributed by atoms with Crippen molar-refractivity contribution < 1.29 is 0 Å². The molecule has 0 aliphatic heterocycles. The number of benzene rings is 3. The molecule has 0 heterocycles. The lowest BCUT2D eigenvalue weighted by Crippen LogP contribution is -2.36. The number of hydrogen-bond acceptors (Lipinski definition) is 0. The SMILES string of the molecule is CC(C)[P+](c1ccccc1)(c1ccccc1)c1ccccc1.[BH4-]. The Morgan fingerprint density at radius 3 is 1.00 bits per heavy atom. The average Bonchev–Trinajstić information content (AvgIpc) is 2.58. The summed E-state index contributed by atoms with van der Waals surface area (Å²) >= 11 is 0. The van der Waals surface area contributed by atoms with E-state index in [9.17, 15) is 0 Å². The molecule has 0 amide bonds. The Balaban J connectivity index is 0.00000192. The van der Waals surface area contributed by atoms with Crippen molar-refractivity contribution in [2.75, 3.05) is 0 Å². The second-order valence-electron chi connectivity index (χ2n) is 5.82. The highest BCUT2D eigenvalue weighted by Crippen LogP contribution is 2.59. The predicted octanol–water partition coefficient (Wildman–Crippen LogP) is 2.94. The van der Waals surface area contributed by atoms with Gasteiger partial charge in [-0.2, -0.15) is 0 Å². The molecule has 3 aromatic rings. The summed E-state index contributed by atoms with van der Waals surface area (Å²) in [5, 5.41) is 4.38. The van der Waals surface area contributed by atoms with Crippen molar-refractivity contribution >= 4 is 31.6 Å². The van der Waals surface area contributed by atoms with Crippen molar-refractivity contribution in [3.63, 3.8) is 0 Å². The Hall–Kier alpha value is -1.85. The molecule has 0 radical (unpaired) electrons. The lowest BCUT2D eigenvalue weighted by molar-refractivity contribution is 1.09. The zero-order chi connectivity index (χ0) is 15.4. The van der Waals surface area contributed by atoms with Crippen molar-refractivity contribution in [1.82, 2.24) is 0 Å². The van der Waals surface area contributed by atoms with Crippen molar-refractivity contribution in [1.29, 1.82) is 0 Å². The zero-order valence-corrected chi connectivity index (χ0v) is 14.1. The van der Waals surface area contributed by atoms with Crippen LogP contribution in [0, 0.1) is 0 Å². The largest absolute Gasteiger partial charge is 0.114 e. The third kappa shape index (κ3) is 3.12. The van der Waals surface area contributed by atoms with Crippen LogP contribution in [-0.4, -0.2) is 14.1 Å². The fourth-order valence-corrected chi connectivity index (χ4v) is 7.94. The third-order valence-corrected chi connectivity index (χ3v) is 9.15. The molecule has 0 saturated carbocycles. The molecule has 3 aromatic carbocycles. The highest BCUT2D eigenvalue weighted by molar-refractivity contribution is 7.96. The summed E-state index contributed by atoms with van der Waals surface area (Å²) in [6.07, 6.45) is 0. The maximum atomic E-state index is 2.36. The van der Waals surface area contributed by atoms with Crippen molar-refractivity contribution in [2.24, 2.45) is 0 Å². The van der Waals surface area contributed by atoms with E-state index < -0.39 is 7.26 Å². The van der Waals surface area contributed by atoms with Crippen LogP contribution in [0.1, 0.15) is 13.8 Å². The molecule has 118 valence electrons. The lowest BCUT2D eigenvalue weighted by Gasteiger charge is -2.31. The van der Waals surface area contributed by atoms with Gasteiger partial charge in [-0.3, -0.25) is 0 Å². The topological polar surface area (TPSA) is 0 Å². The Kier molecular flexibility index (Phi) is 5.80. The van der Waals surface area contributed by atoms with Gasteiger partial charge >= 0.3 is 0 Å². The molecule has 0 atom stereocenters. The summed E-state index contributed by atoms with van der Waals surface area (Å²) < 4.78 is 0. The Morgan fingerprint density at radius 2 is 0.783 bits per heavy atom. The second kappa shape index (κ2) is 7.62. The van der Waals surface area contributed by atoms with Crippen LogP contribution < -0.4 is 15.9 Å². The second-order valence-corrected chi connectivity index (χ2v) is 9.85. The molecule has 0 nitrogen and oxygen atoms in total. The average molecular weight is 320 g/mol. The predicted molar refractivity (Wildman–Crippen MR) is 112 cm³/mol. The number of hydrogen-bond donors (Lipinski definition) is 0. The molecule has 0 unspecified atom stereocenters. The highest BCUT2D eigenvalue weighted by Gasteiger charge is 2.48. The summed E-state index contributed by atoms with van der Waals surface area (Å²) in [4.78, 5) is 0. The van der Waals surface area contributed by atoms with Gasteiger partial charge in [0.05, 0.1) is 5.66 Å². The first kappa shape index (κ1) is 17.5. The lowest BCUT2D eigenvalue weighted by atomic mass is 10.3. The zero-order valence-electron chi connectivity index (χ0n) is 13.2. The smallest absolute Gasteiger partial charge is 0.0626 e. The molecular formula is C21H26BP. The quantitative estimate of drug-likeness (QED) is 0.512. The summed E-state index contributed by atoms with van der Waals surface area (Å²) in [6.45, 7) is 4.72. The van der Waals surface area contributed by atoms with Crippen LogP contribution in [0.15, 0.2) is 91.0 Å². The number of rotatable bonds is 4. The maximum Gasteiger partial charge on any atom is 0.114 e. The van der Waals surface area contributed by atoms with E-state index in [4.69, 9.17) is 0 Å². The maximum absolute atomic E-state index is 2.36. The van der Waals surface area contributed by atoms with Gasteiger partial charge in [0.1, 0.15) is 23.2 Å². The van der Waals surface area contributed by atoms with Gasteiger partial charge in [0.25, 0.3) is 0 Å². The Labute approximate surface area is 142 Å². The normalized spacial score (nSPS) is 11.1. The first-order chi connectivity index (χ1) is 10.8. The molecule has 0 aliphatic carbocycles. The standard InChI is InChI=1S/C21H22P.BH4/c1-18(2)22(19-12-6-3-7-13-19,20-14-8-4-9-15-20)21-16-10-5-11-17-21;/h3-18H,1-2H3;1H4/q+1;-1. The molecule has 0 saturated heterocycles. The minimum absolute atomic E-state index is 0. The molecule has 0 spiro atoms. The van der Waals surface area contributed by atoms with Gasteiger partial charge in [0.2, 0.25) is 0 Å². The van der Waals surface area contributed by atoms with Crippen LogP contribution in [0.5, 0.6) is 0 Å². The van der Waals surface area contributed by atoms with Crippen LogP contribution in [0.2, 0.25) is 0 Å². The summed E-state index contributed by atoms with van der Waals surface area (Å²) in [5.41, 5.74) is 0.555. The Bertz CT molecular complexity index is 612. The fourth-order valence-electron chi connectivity index (χ4n) is 3.33. The van der Waals surface area contributed by atoms with E-state index in [-0.39, 0.29) is 8.41 Å². The first-order valence-corrected chi connectivity index (χ1v) is 9.67. The van der Waals surface area contributed by atoms with E-state index in [0.29, 0.717) is 5.66 Å². The fraction of sp³-hybridized carbons (Fsp3) is 0.143. The summed E-state index contributed by atoms with van der Waals surface area (Å²) in [5.74, 6) is 0. The van der Waals surface area contributed by atoms with Gasteiger partial charge in [0.15, 0.2) is 0 Å². The van der Waals surface area contributed by atoms with Crippen molar-refractivity contribution in [3.8, 4) is 0 Å². The molecule has 2 heteroatoms. The van der Waals surface area contributed by atoms with Gasteiger partial charge < -0.3 is 0 Å². The van der Waals surface area contributed by atoms with E-state index in [1.807, 2.05) is 0 Å². The van der Waals surface area contributed by atoms with E-state index >= 15 is 0 Å². The third-order valence-electron chi connectivity index (χ3n) is 4.26. The molecule has 23 heavy (non-hydrogen) atoms. The van der Waals surface area contributed by atoms with E-state index in [1.54, 1.807) is 0 Å². The van der Waals surface area contributed by atoms with E-state index in [2.05, 4.69) is 105 Å². The van der Waals surface area contributed by atoms with Crippen molar-refractivity contribution in [2.45, 2.75) is 19.5 Å². The molecule has 0 bridgehead atoms. The molecule has 0 fully saturated rings. The molecule has 0 N–H and O–H groups in total. The van der Waals surface area contributed by atoms with Gasteiger partial charge in [-0.05, 0) is 50.2 Å². The van der Waals surface area contributed by atoms with Gasteiger partial charge in [-0.15, -0.1) is 0 Å². The minimum atomic E-state index is -1.63. The van der Waals surface area contributed by atoms with E-state index in [1.165, 1.54) is 15.9 Å². The van der Waals surface area contributed by atoms with E-state index in [0.717, 1.165) is 0 Å². The van der Waals surface area contributed by atoms with Gasteiger partial charge in [0, 0.05) is 0 Å². The summed E-state index contributed by atoms with van der Waals surface area (Å²) in [7, 11) is -1.63. The van der Waals surface area contributed by atoms with Crippen molar-refractivity contribution in [3.05, 3.63) is 91.0 Å². The molecule has 0 aromatic heterocycles. The molecular weight excluding hydrogens is 294 g/mol. The Morgan fingerprint density at radius 1 is 0.522 bits per heavy atom. The molecule has 3 rings (SSSR count). The monoisotopic (exact) mass is 320 g/mol. The van der Waals surface area contributed by atoms with Crippen LogP contribution in [0.25, 0.3) is 0 Å². The van der Waals surface area contributed by atoms with Crippen LogP contribution in [0.4, 0.5) is 0 Å². The van der Waals surface area contributed by atoms with Gasteiger partial charge in [-0.25, -0.2) is 0 Å². The van der Waals surface area contributed by atoms with Crippen LogP contribution in [0.3, 0.4) is 0 Å². The highest BCUT2D eigenvalue weighted by atomic mass is 31.2. The van der Waals surface area contributed by atoms with Gasteiger partial charge in [-0.1, -0.05) is 63.0 Å². The van der Waals surface area contributed by atoms with Crippen LogP contribution >= 0.6 is 7.26 Å². The minimum Gasteiger partial charge on any atom is -0.0626 e. The van der Waals surface area contributed by atoms with Crippen LogP contribution in [-0.2, 0) is 0 Å². The first-order valence-electron chi connectivity index (χ1n) is 7.82. The summed E-state index contributed by atoms with van der Waals surface area (Å²) in [6, 6.07) is 33.1.